The summed E-state index contributed by atoms with van der Waals surface area (Å²) in [5.41, 5.74) is 1.23. The molecule has 0 radical (unpaired) electrons. The SMILES string of the molecule is CC(C)(C)N(CCCCCO)Cc1ccc(F)cc1. The normalized spacial score (nSPS) is 12.1. The van der Waals surface area contributed by atoms with Gasteiger partial charge in [-0.05, 0) is 64.3 Å². The lowest BCUT2D eigenvalue weighted by Crippen LogP contribution is -2.41. The molecule has 1 N–H and O–H groups in total. The van der Waals surface area contributed by atoms with Crippen LogP contribution < -0.4 is 0 Å². The Morgan fingerprint density at radius 1 is 1.05 bits per heavy atom. The molecule has 0 saturated carbocycles. The Balaban J connectivity index is 2.57. The average Bonchev–Trinajstić information content (AvgIpc) is 2.34. The summed E-state index contributed by atoms with van der Waals surface area (Å²) in [7, 11) is 0. The quantitative estimate of drug-likeness (QED) is 0.763. The van der Waals surface area contributed by atoms with E-state index >= 15 is 0 Å². The highest BCUT2D eigenvalue weighted by Crippen LogP contribution is 2.18. The summed E-state index contributed by atoms with van der Waals surface area (Å²) in [5, 5.41) is 8.80. The highest BCUT2D eigenvalue weighted by molar-refractivity contribution is 5.16. The lowest BCUT2D eigenvalue weighted by Gasteiger charge is -2.36. The summed E-state index contributed by atoms with van der Waals surface area (Å²) in [5.74, 6) is -0.186. The van der Waals surface area contributed by atoms with Gasteiger partial charge in [0.15, 0.2) is 0 Å². The molecule has 0 saturated heterocycles. The van der Waals surface area contributed by atoms with Gasteiger partial charge in [0.1, 0.15) is 5.82 Å². The Hall–Kier alpha value is -0.930. The molecule has 0 bridgehead atoms. The first kappa shape index (κ1) is 16.1. The number of aliphatic hydroxyl groups is 1. The second kappa shape index (κ2) is 7.61. The Kier molecular flexibility index (Phi) is 6.46. The predicted octanol–water partition coefficient (Wildman–Crippen LogP) is 3.59. The van der Waals surface area contributed by atoms with Crippen molar-refractivity contribution in [2.24, 2.45) is 0 Å². The molecule has 3 heteroatoms. The van der Waals surface area contributed by atoms with Gasteiger partial charge in [-0.25, -0.2) is 4.39 Å². The molecule has 0 amide bonds. The van der Waals surface area contributed by atoms with E-state index in [1.807, 2.05) is 12.1 Å². The molecule has 0 unspecified atom stereocenters. The van der Waals surface area contributed by atoms with E-state index < -0.39 is 0 Å². The molecule has 108 valence electrons. The smallest absolute Gasteiger partial charge is 0.123 e. The summed E-state index contributed by atoms with van der Waals surface area (Å²) in [6.45, 7) is 8.70. The van der Waals surface area contributed by atoms with E-state index in [0.29, 0.717) is 0 Å². The minimum Gasteiger partial charge on any atom is -0.396 e. The largest absolute Gasteiger partial charge is 0.396 e. The predicted molar refractivity (Wildman–Crippen MR) is 77.5 cm³/mol. The van der Waals surface area contributed by atoms with Gasteiger partial charge in [0.2, 0.25) is 0 Å². The van der Waals surface area contributed by atoms with E-state index in [1.165, 1.54) is 12.1 Å². The van der Waals surface area contributed by atoms with Crippen molar-refractivity contribution in [2.75, 3.05) is 13.2 Å². The van der Waals surface area contributed by atoms with Crippen molar-refractivity contribution < 1.29 is 9.50 Å². The molecular formula is C16H26FNO. The van der Waals surface area contributed by atoms with Crippen LogP contribution in [0.15, 0.2) is 24.3 Å². The van der Waals surface area contributed by atoms with Gasteiger partial charge in [0, 0.05) is 18.7 Å². The maximum atomic E-state index is 12.9. The zero-order chi connectivity index (χ0) is 14.3. The number of rotatable bonds is 7. The third kappa shape index (κ3) is 6.17. The molecular weight excluding hydrogens is 241 g/mol. The number of nitrogens with zero attached hydrogens (tertiary/aromatic N) is 1. The standard InChI is InChI=1S/C16H26FNO/c1-16(2,3)18(11-5-4-6-12-19)13-14-7-9-15(17)10-8-14/h7-10,19H,4-6,11-13H2,1-3H3. The number of halogens is 1. The summed E-state index contributed by atoms with van der Waals surface area (Å²) in [4.78, 5) is 2.40. The molecule has 0 atom stereocenters. The first-order chi connectivity index (χ1) is 8.93. The Bertz CT molecular complexity index is 356. The molecule has 19 heavy (non-hydrogen) atoms. The third-order valence-corrected chi connectivity index (χ3v) is 3.32. The zero-order valence-corrected chi connectivity index (χ0v) is 12.3. The molecule has 0 fully saturated rings. The lowest BCUT2D eigenvalue weighted by molar-refractivity contribution is 0.124. The van der Waals surface area contributed by atoms with E-state index in [-0.39, 0.29) is 18.0 Å². The number of hydrogen-bond acceptors (Lipinski definition) is 2. The molecule has 0 aliphatic heterocycles. The molecule has 0 heterocycles. The van der Waals surface area contributed by atoms with Crippen molar-refractivity contribution in [1.29, 1.82) is 0 Å². The molecule has 0 aliphatic carbocycles. The van der Waals surface area contributed by atoms with E-state index in [4.69, 9.17) is 5.11 Å². The average molecular weight is 267 g/mol. The zero-order valence-electron chi connectivity index (χ0n) is 12.3. The minimum atomic E-state index is -0.186. The number of aliphatic hydroxyl groups excluding tert-OH is 1. The summed E-state index contributed by atoms with van der Waals surface area (Å²) in [6, 6.07) is 6.73. The first-order valence-electron chi connectivity index (χ1n) is 7.04. The molecule has 1 aromatic carbocycles. The number of hydrogen-bond donors (Lipinski definition) is 1. The van der Waals surface area contributed by atoms with Gasteiger partial charge in [-0.3, -0.25) is 4.90 Å². The fraction of sp³-hybridized carbons (Fsp3) is 0.625. The van der Waals surface area contributed by atoms with Gasteiger partial charge < -0.3 is 5.11 Å². The molecule has 1 rings (SSSR count). The van der Waals surface area contributed by atoms with Crippen LogP contribution in [0.1, 0.15) is 45.6 Å². The van der Waals surface area contributed by atoms with E-state index in [9.17, 15) is 4.39 Å². The van der Waals surface area contributed by atoms with Crippen molar-refractivity contribution >= 4 is 0 Å². The van der Waals surface area contributed by atoms with Crippen LogP contribution in [0.3, 0.4) is 0 Å². The van der Waals surface area contributed by atoms with Crippen LogP contribution in [-0.4, -0.2) is 28.7 Å². The van der Waals surface area contributed by atoms with E-state index in [2.05, 4.69) is 25.7 Å². The first-order valence-corrected chi connectivity index (χ1v) is 7.04. The van der Waals surface area contributed by atoms with Gasteiger partial charge in [-0.2, -0.15) is 0 Å². The Labute approximate surface area is 116 Å². The van der Waals surface area contributed by atoms with Crippen molar-refractivity contribution in [3.8, 4) is 0 Å². The van der Waals surface area contributed by atoms with Gasteiger partial charge in [-0.15, -0.1) is 0 Å². The van der Waals surface area contributed by atoms with E-state index in [1.54, 1.807) is 0 Å². The summed E-state index contributed by atoms with van der Waals surface area (Å²) < 4.78 is 12.9. The van der Waals surface area contributed by atoms with Crippen molar-refractivity contribution in [1.82, 2.24) is 4.90 Å². The number of benzene rings is 1. The van der Waals surface area contributed by atoms with E-state index in [0.717, 1.165) is 37.9 Å². The van der Waals surface area contributed by atoms with Crippen LogP contribution in [0.25, 0.3) is 0 Å². The van der Waals surface area contributed by atoms with Crippen molar-refractivity contribution in [3.63, 3.8) is 0 Å². The Morgan fingerprint density at radius 3 is 2.21 bits per heavy atom. The summed E-state index contributed by atoms with van der Waals surface area (Å²) >= 11 is 0. The maximum Gasteiger partial charge on any atom is 0.123 e. The molecule has 0 aliphatic rings. The fourth-order valence-corrected chi connectivity index (χ4v) is 2.05. The molecule has 0 spiro atoms. The van der Waals surface area contributed by atoms with Gasteiger partial charge in [0.05, 0.1) is 0 Å². The van der Waals surface area contributed by atoms with Crippen molar-refractivity contribution in [3.05, 3.63) is 35.6 Å². The topological polar surface area (TPSA) is 23.5 Å². The summed E-state index contributed by atoms with van der Waals surface area (Å²) in [6.07, 6.45) is 3.00. The molecule has 0 aromatic heterocycles. The monoisotopic (exact) mass is 267 g/mol. The van der Waals surface area contributed by atoms with Crippen LogP contribution >= 0.6 is 0 Å². The molecule has 1 aromatic rings. The molecule has 2 nitrogen and oxygen atoms in total. The third-order valence-electron chi connectivity index (χ3n) is 3.32. The fourth-order valence-electron chi connectivity index (χ4n) is 2.05. The highest BCUT2D eigenvalue weighted by Gasteiger charge is 2.20. The van der Waals surface area contributed by atoms with Crippen LogP contribution in [0.5, 0.6) is 0 Å². The lowest BCUT2D eigenvalue weighted by atomic mass is 10.0. The second-order valence-corrected chi connectivity index (χ2v) is 6.00. The van der Waals surface area contributed by atoms with Gasteiger partial charge in [-0.1, -0.05) is 12.1 Å². The maximum absolute atomic E-state index is 12.9. The van der Waals surface area contributed by atoms with Gasteiger partial charge >= 0.3 is 0 Å². The Morgan fingerprint density at radius 2 is 1.68 bits per heavy atom. The highest BCUT2D eigenvalue weighted by atomic mass is 19.1. The van der Waals surface area contributed by atoms with Crippen LogP contribution in [-0.2, 0) is 6.54 Å². The van der Waals surface area contributed by atoms with Gasteiger partial charge in [0.25, 0.3) is 0 Å². The van der Waals surface area contributed by atoms with Crippen LogP contribution in [0.4, 0.5) is 4.39 Å². The van der Waals surface area contributed by atoms with Crippen molar-refractivity contribution in [2.45, 2.75) is 52.1 Å². The number of unbranched alkanes of at least 4 members (excludes halogenated alkanes) is 2. The second-order valence-electron chi connectivity index (χ2n) is 6.00. The van der Waals surface area contributed by atoms with Crippen LogP contribution in [0.2, 0.25) is 0 Å². The van der Waals surface area contributed by atoms with Crippen LogP contribution in [0, 0.1) is 5.82 Å². The minimum absolute atomic E-state index is 0.0909.